The Morgan fingerprint density at radius 1 is 0.677 bits per heavy atom. The monoisotopic (exact) mass is 848 g/mol. The lowest BCUT2D eigenvalue weighted by atomic mass is 10.0. The zero-order chi connectivity index (χ0) is 44.0. The number of fused-ring (bicyclic) bond motifs is 8. The van der Waals surface area contributed by atoms with Crippen LogP contribution < -0.4 is 24.2 Å². The summed E-state index contributed by atoms with van der Waals surface area (Å²) in [5.74, 6) is -0.976. The van der Waals surface area contributed by atoms with Crippen LogP contribution in [0, 0.1) is 13.8 Å². The second kappa shape index (κ2) is 20.0. The van der Waals surface area contributed by atoms with Gasteiger partial charge in [0.15, 0.2) is 0 Å². The lowest BCUT2D eigenvalue weighted by molar-refractivity contribution is -0.145. The Bertz CT molecular complexity index is 2410. The van der Waals surface area contributed by atoms with Crippen LogP contribution in [-0.4, -0.2) is 94.0 Å². The molecule has 2 atom stereocenters. The van der Waals surface area contributed by atoms with E-state index in [2.05, 4.69) is 20.5 Å². The molecule has 326 valence electrons. The average molecular weight is 849 g/mol. The van der Waals surface area contributed by atoms with Gasteiger partial charge < -0.3 is 33.9 Å². The first-order chi connectivity index (χ1) is 29.3. The number of anilines is 3. The summed E-state index contributed by atoms with van der Waals surface area (Å²) in [7, 11) is 5.70. The zero-order valence-corrected chi connectivity index (χ0v) is 34.9. The number of ether oxygens (including phenoxy) is 4. The number of carboxylic acids is 1. The molecule has 1 N–H and O–H groups in total. The van der Waals surface area contributed by atoms with Crippen molar-refractivity contribution in [3.63, 3.8) is 0 Å². The van der Waals surface area contributed by atoms with Crippen molar-refractivity contribution >= 4 is 64.6 Å². The fourth-order valence-electron chi connectivity index (χ4n) is 7.86. The fourth-order valence-corrected chi connectivity index (χ4v) is 7.86. The number of benzene rings is 4. The normalized spacial score (nSPS) is 16.1. The molecule has 0 aromatic heterocycles. The van der Waals surface area contributed by atoms with Crippen molar-refractivity contribution in [1.29, 1.82) is 0 Å². The molecule has 4 heterocycles. The highest BCUT2D eigenvalue weighted by Crippen LogP contribution is 2.41. The van der Waals surface area contributed by atoms with Gasteiger partial charge in [-0.1, -0.05) is 43.8 Å². The highest BCUT2D eigenvalue weighted by atomic mass is 16.5. The van der Waals surface area contributed by atoms with E-state index in [-0.39, 0.29) is 62.9 Å². The molecule has 4 aliphatic rings. The summed E-state index contributed by atoms with van der Waals surface area (Å²) >= 11 is 0. The van der Waals surface area contributed by atoms with Gasteiger partial charge in [0.25, 0.3) is 11.8 Å². The smallest absolute Gasteiger partial charge is 0.306 e. The number of amides is 3. The van der Waals surface area contributed by atoms with Gasteiger partial charge in [-0.2, -0.15) is 0 Å². The molecule has 0 spiro atoms. The highest BCUT2D eigenvalue weighted by Gasteiger charge is 2.41. The second-order valence-corrected chi connectivity index (χ2v) is 14.7. The molecule has 4 aromatic rings. The number of hydrogen-bond acceptors (Lipinski definition) is 11. The Kier molecular flexibility index (Phi) is 14.9. The second-order valence-electron chi connectivity index (χ2n) is 14.7. The Hall–Kier alpha value is -7.03. The van der Waals surface area contributed by atoms with Gasteiger partial charge in [-0.15, -0.1) is 0 Å². The van der Waals surface area contributed by atoms with Gasteiger partial charge in [-0.05, 0) is 78.9 Å². The standard InChI is InChI=1S/C23H24N2O5.C18H16N2O2.C5H8O4.CH4/c1-14-10-19-17(12-20(14)29-2)23(28)25-16(11-15-6-4-5-7-18(15)25)13-24(19)21(26)8-9-22(27)30-3;1-11-7-15-14(9-17(11)22-2)18(21)20-13(10-19-15)8-12-5-3-4-6-16(12)20;1-9-5(8)3-2-4(6)7;/h4-7,10,12,16H,8-9,11,13H2,1-3H3;3-7,9-10,13H,8H2,1-2H3;2-3H2,1H3,(H,6,7);1H4/t16-;13-;;/m00../s1. The van der Waals surface area contributed by atoms with Gasteiger partial charge in [0, 0.05) is 37.0 Å². The first kappa shape index (κ1) is 46.0. The van der Waals surface area contributed by atoms with Gasteiger partial charge in [-0.3, -0.25) is 38.7 Å². The SMILES string of the molecule is C.COC(=O)CCC(=O)N1C[C@@H]2Cc3ccccc3N2C(=O)c2cc(OC)c(C)cc21.COC(=O)CCC(=O)O.COc1cc2c(cc1C)N=C[C@@H]1Cc3ccccc3N1C2=O. The molecular formula is C47H52N4O11. The molecule has 0 saturated carbocycles. The van der Waals surface area contributed by atoms with Crippen LogP contribution in [0.25, 0.3) is 0 Å². The predicted octanol–water partition coefficient (Wildman–Crippen LogP) is 6.83. The Labute approximate surface area is 360 Å². The Morgan fingerprint density at radius 2 is 1.21 bits per heavy atom. The number of aryl methyl sites for hydroxylation is 2. The summed E-state index contributed by atoms with van der Waals surface area (Å²) in [5, 5.41) is 8.05. The van der Waals surface area contributed by atoms with Crippen LogP contribution in [0.1, 0.15) is 76.1 Å². The van der Waals surface area contributed by atoms with Crippen molar-refractivity contribution in [3.8, 4) is 11.5 Å². The molecule has 0 aliphatic carbocycles. The van der Waals surface area contributed by atoms with E-state index in [1.54, 1.807) is 36.2 Å². The zero-order valence-electron chi connectivity index (χ0n) is 34.9. The molecule has 4 aliphatic heterocycles. The summed E-state index contributed by atoms with van der Waals surface area (Å²) in [4.78, 5) is 81.2. The predicted molar refractivity (Wildman–Crippen MR) is 234 cm³/mol. The highest BCUT2D eigenvalue weighted by molar-refractivity contribution is 6.16. The van der Waals surface area contributed by atoms with E-state index in [0.717, 1.165) is 40.2 Å². The maximum atomic E-state index is 13.6. The number of carbonyl (C=O) groups excluding carboxylic acids is 5. The number of esters is 2. The van der Waals surface area contributed by atoms with Crippen LogP contribution in [0.4, 0.5) is 22.7 Å². The van der Waals surface area contributed by atoms with E-state index in [0.29, 0.717) is 41.3 Å². The van der Waals surface area contributed by atoms with Gasteiger partial charge in [0.1, 0.15) is 11.5 Å². The Morgan fingerprint density at radius 3 is 1.81 bits per heavy atom. The van der Waals surface area contributed by atoms with Crippen LogP contribution in [0.3, 0.4) is 0 Å². The number of methoxy groups -OCH3 is 4. The third-order valence-corrected chi connectivity index (χ3v) is 10.9. The number of nitrogens with zero attached hydrogens (tertiary/aromatic N) is 4. The van der Waals surface area contributed by atoms with Crippen LogP contribution >= 0.6 is 0 Å². The summed E-state index contributed by atoms with van der Waals surface area (Å²) in [6, 6.07) is 22.9. The lowest BCUT2D eigenvalue weighted by Crippen LogP contribution is -2.44. The van der Waals surface area contributed by atoms with Gasteiger partial charge >= 0.3 is 17.9 Å². The molecule has 4 aromatic carbocycles. The Balaban J connectivity index is 0.000000199. The van der Waals surface area contributed by atoms with E-state index in [4.69, 9.17) is 14.6 Å². The molecular weight excluding hydrogens is 797 g/mol. The maximum absolute atomic E-state index is 13.6. The van der Waals surface area contributed by atoms with Crippen molar-refractivity contribution in [1.82, 2.24) is 0 Å². The summed E-state index contributed by atoms with van der Waals surface area (Å²) in [6.07, 6.45) is 3.18. The van der Waals surface area contributed by atoms with Crippen LogP contribution in [0.5, 0.6) is 11.5 Å². The summed E-state index contributed by atoms with van der Waals surface area (Å²) in [5.41, 5.74) is 8.23. The van der Waals surface area contributed by atoms with Crippen molar-refractivity contribution in [2.24, 2.45) is 4.99 Å². The van der Waals surface area contributed by atoms with Crippen LogP contribution in [0.2, 0.25) is 0 Å². The molecule has 0 bridgehead atoms. The quantitative estimate of drug-likeness (QED) is 0.184. The van der Waals surface area contributed by atoms with Crippen LogP contribution in [-0.2, 0) is 41.5 Å². The fraction of sp³-hybridized carbons (Fsp3) is 0.340. The first-order valence-corrected chi connectivity index (χ1v) is 19.7. The molecule has 3 amide bonds. The largest absolute Gasteiger partial charge is 0.496 e. The number of rotatable bonds is 8. The minimum atomic E-state index is -0.986. The van der Waals surface area contributed by atoms with E-state index < -0.39 is 17.9 Å². The molecule has 0 radical (unpaired) electrons. The lowest BCUT2D eigenvalue weighted by Gasteiger charge is -2.27. The number of carbonyl (C=O) groups is 6. The third kappa shape index (κ3) is 9.62. The van der Waals surface area contributed by atoms with E-state index in [1.807, 2.05) is 79.6 Å². The van der Waals surface area contributed by atoms with Crippen molar-refractivity contribution in [3.05, 3.63) is 106 Å². The number of aliphatic carboxylic acids is 1. The van der Waals surface area contributed by atoms with Crippen molar-refractivity contribution in [2.45, 2.75) is 71.9 Å². The van der Waals surface area contributed by atoms with Gasteiger partial charge in [0.2, 0.25) is 5.91 Å². The summed E-state index contributed by atoms with van der Waals surface area (Å²) < 4.78 is 19.7. The topological polar surface area (TPSA) is 182 Å². The van der Waals surface area contributed by atoms with E-state index in [9.17, 15) is 28.8 Å². The molecule has 0 unspecified atom stereocenters. The minimum absolute atomic E-state index is 0. The van der Waals surface area contributed by atoms with Crippen molar-refractivity contribution in [2.75, 3.05) is 49.7 Å². The number of carboxylic acid groups (broad SMARTS) is 1. The third-order valence-electron chi connectivity index (χ3n) is 10.9. The number of hydrogen-bond donors (Lipinski definition) is 1. The summed E-state index contributed by atoms with van der Waals surface area (Å²) in [6.45, 7) is 4.20. The molecule has 62 heavy (non-hydrogen) atoms. The molecule has 15 nitrogen and oxygen atoms in total. The van der Waals surface area contributed by atoms with Gasteiger partial charge in [0.05, 0.1) is 82.3 Å². The average Bonchev–Trinajstić information content (AvgIpc) is 3.76. The van der Waals surface area contributed by atoms with Crippen molar-refractivity contribution < 1.29 is 52.8 Å². The molecule has 15 heteroatoms. The number of para-hydroxylation sites is 2. The maximum Gasteiger partial charge on any atom is 0.306 e. The van der Waals surface area contributed by atoms with E-state index in [1.165, 1.54) is 19.8 Å². The minimum Gasteiger partial charge on any atom is -0.496 e. The first-order valence-electron chi connectivity index (χ1n) is 19.7. The van der Waals surface area contributed by atoms with E-state index >= 15 is 0 Å². The molecule has 0 saturated heterocycles. The van der Waals surface area contributed by atoms with Gasteiger partial charge in [-0.25, -0.2) is 0 Å². The number of aliphatic imine (C=N–C) groups is 1. The van der Waals surface area contributed by atoms with Crippen LogP contribution in [0.15, 0.2) is 77.8 Å². The molecule has 0 fully saturated rings. The molecule has 8 rings (SSSR count).